The Morgan fingerprint density at radius 2 is 0.450 bits per heavy atom. The van der Waals surface area contributed by atoms with Crippen molar-refractivity contribution >= 4 is 64.6 Å². The van der Waals surface area contributed by atoms with Crippen molar-refractivity contribution in [2.24, 2.45) is 0 Å². The van der Waals surface area contributed by atoms with E-state index in [4.69, 9.17) is 0 Å². The van der Waals surface area contributed by atoms with Crippen LogP contribution in [0.5, 0.6) is 0 Å². The number of fused-ring (bicyclic) bond motifs is 21. The minimum atomic E-state index is -0.225. The van der Waals surface area contributed by atoms with Gasteiger partial charge < -0.3 is 0 Å². The van der Waals surface area contributed by atoms with Crippen LogP contribution in [0.15, 0.2) is 431 Å². The first-order chi connectivity index (χ1) is 68.6. The van der Waals surface area contributed by atoms with E-state index >= 15 is 0 Å². The van der Waals surface area contributed by atoms with Crippen molar-refractivity contribution < 1.29 is 4.39 Å². The highest BCUT2D eigenvalue weighted by molar-refractivity contribution is 6.26. The fourth-order valence-electron chi connectivity index (χ4n) is 26.3. The van der Waals surface area contributed by atoms with E-state index in [0.29, 0.717) is 0 Å². The molecule has 0 nitrogen and oxygen atoms in total. The van der Waals surface area contributed by atoms with Crippen LogP contribution in [0.4, 0.5) is 4.39 Å². The van der Waals surface area contributed by atoms with Gasteiger partial charge in [0.05, 0.1) is 0 Å². The molecule has 0 amide bonds. The Hall–Kier alpha value is -15.7. The fourth-order valence-corrected chi connectivity index (χ4v) is 26.3. The maximum atomic E-state index is 14.0. The molecule has 140 heavy (non-hydrogen) atoms. The van der Waals surface area contributed by atoms with Gasteiger partial charge in [-0.1, -0.05) is 437 Å². The summed E-state index contributed by atoms with van der Waals surface area (Å²) in [7, 11) is 0. The predicted molar refractivity (Wildman–Crippen MR) is 592 cm³/mol. The molecule has 0 radical (unpaired) electrons. The van der Waals surface area contributed by atoms with Gasteiger partial charge >= 0.3 is 0 Å². The summed E-state index contributed by atoms with van der Waals surface area (Å²) in [4.78, 5) is 0. The third kappa shape index (κ3) is 13.5. The van der Waals surface area contributed by atoms with Gasteiger partial charge in [-0.25, -0.2) is 4.39 Å². The SMILES string of the molecule is CC1(C)c2ccccc2-c2ccc(-c3c4ccccc4c(-c4ccc(F)cc4)c4ccc(-c5ccccc5)cc34)cc21.CC1(C)c2ccccc2-c2ccc(-c3c4ccccc4c(-c4ccc5c(c4)C4(CCCCC4)c4ccccc4-5)c4ccc(-c5ccccc5)cc34)cc21.CC1(C)c2ccccc2-c2ccc(-c3c4ccccc4c(-c4cccc5c4CCCC5)c4ccc(-c5ccccc5)cc34)cc21. The van der Waals surface area contributed by atoms with E-state index in [1.165, 1.54) is 283 Å². The molecule has 0 N–H and O–H groups in total. The van der Waals surface area contributed by atoms with Crippen LogP contribution >= 0.6 is 0 Å². The minimum Gasteiger partial charge on any atom is -0.207 e. The highest BCUT2D eigenvalue weighted by atomic mass is 19.1. The Labute approximate surface area is 820 Å². The van der Waals surface area contributed by atoms with Gasteiger partial charge in [0.2, 0.25) is 0 Å². The number of rotatable bonds is 9. The second kappa shape index (κ2) is 33.3. The van der Waals surface area contributed by atoms with E-state index in [1.54, 1.807) is 28.8 Å². The zero-order valence-corrected chi connectivity index (χ0v) is 80.2. The van der Waals surface area contributed by atoms with Crippen molar-refractivity contribution in [2.75, 3.05) is 0 Å². The standard InChI is InChI=1S/C53H42.C45H36.C41H29F/c1-52(2)46-21-11-9-17-38(46)40-26-24-36(32-48(40)52)51-43-20-8-7-19-42(43)50(44-28-23-35(31-45(44)51)34-15-5-3-6-16-34)37-25-27-41-39-18-10-12-22-47(39)53(49(41)33-37)29-13-4-14-30-53;1-45(2)41-22-11-10-18-34(41)35-25-24-32(28-42(35)45)43-37-19-8-9-20-38(37)44(36-21-12-16-30-15-6-7-17-33(30)36)39-26-23-31(27-40(39)43)29-13-4-3-5-14-29;1-41(2)37-15-9-8-12-31(37)32-22-19-29(25-38(32)41)40-34-14-7-6-13-33(34)39(27-16-20-30(42)21-17-27)35-23-18-28(24-36(35)40)26-10-4-3-5-11-26/h3,5-12,15-28,31-33H,4,13-14,29-30H2,1-2H3;3-5,8-14,16,18-28H,6-7,15,17H2,1-2H3;3-25H,1-2H3. The second-order valence-corrected chi connectivity index (χ2v) is 41.7. The molecule has 0 unspecified atom stereocenters. The molecule has 6 aliphatic rings. The van der Waals surface area contributed by atoms with Gasteiger partial charge in [-0.05, 0) is 358 Å². The number of benzene rings is 22. The van der Waals surface area contributed by atoms with Gasteiger partial charge in [-0.3, -0.25) is 0 Å². The van der Waals surface area contributed by atoms with Crippen LogP contribution < -0.4 is 0 Å². The van der Waals surface area contributed by atoms with Gasteiger partial charge in [-0.15, -0.1) is 0 Å². The number of hydrogen-bond acceptors (Lipinski definition) is 0. The molecule has 22 aromatic carbocycles. The number of halogens is 1. The summed E-state index contributed by atoms with van der Waals surface area (Å²) in [6.45, 7) is 14.2. The van der Waals surface area contributed by atoms with E-state index < -0.39 is 0 Å². The molecule has 0 heterocycles. The normalized spacial score (nSPS) is 14.8. The van der Waals surface area contributed by atoms with Crippen molar-refractivity contribution in [3.63, 3.8) is 0 Å². The summed E-state index contributed by atoms with van der Waals surface area (Å²) in [5, 5.41) is 15.3. The maximum Gasteiger partial charge on any atom is 0.123 e. The summed E-state index contributed by atoms with van der Waals surface area (Å²) in [5.41, 5.74) is 48.1. The number of hydrogen-bond donors (Lipinski definition) is 0. The van der Waals surface area contributed by atoms with Crippen molar-refractivity contribution in [2.45, 2.75) is 121 Å². The molecule has 6 aliphatic carbocycles. The van der Waals surface area contributed by atoms with Crippen LogP contribution in [-0.4, -0.2) is 0 Å². The van der Waals surface area contributed by atoms with Crippen molar-refractivity contribution in [3.8, 4) is 145 Å². The summed E-state index contributed by atoms with van der Waals surface area (Å²) >= 11 is 0. The van der Waals surface area contributed by atoms with Crippen molar-refractivity contribution in [3.05, 3.63) is 492 Å². The lowest BCUT2D eigenvalue weighted by molar-refractivity contribution is 0.353. The smallest absolute Gasteiger partial charge is 0.123 e. The fraction of sp³-hybridized carbons (Fsp3) is 0.137. The first kappa shape index (κ1) is 84.8. The van der Waals surface area contributed by atoms with Crippen LogP contribution in [0, 0.1) is 5.82 Å². The molecule has 1 saturated carbocycles. The number of aryl methyl sites for hydroxylation is 1. The van der Waals surface area contributed by atoms with E-state index in [1.807, 2.05) is 12.1 Å². The van der Waals surface area contributed by atoms with Crippen LogP contribution in [0.2, 0.25) is 0 Å². The average molecular weight is 1800 g/mol. The lowest BCUT2D eigenvalue weighted by Gasteiger charge is -2.36. The lowest BCUT2D eigenvalue weighted by Crippen LogP contribution is -2.28. The lowest BCUT2D eigenvalue weighted by atomic mass is 9.67. The van der Waals surface area contributed by atoms with Gasteiger partial charge in [0.25, 0.3) is 0 Å². The summed E-state index contributed by atoms with van der Waals surface area (Å²) in [6.07, 6.45) is 11.3. The molecule has 1 fully saturated rings. The van der Waals surface area contributed by atoms with Gasteiger partial charge in [0, 0.05) is 21.7 Å². The second-order valence-electron chi connectivity index (χ2n) is 41.7. The predicted octanol–water partition coefficient (Wildman–Crippen LogP) is 38.1. The Morgan fingerprint density at radius 3 is 0.850 bits per heavy atom. The largest absolute Gasteiger partial charge is 0.207 e. The van der Waals surface area contributed by atoms with Crippen LogP contribution in [0.1, 0.15) is 142 Å². The molecular weight excluding hydrogens is 1690 g/mol. The summed E-state index contributed by atoms with van der Waals surface area (Å²) in [6, 6.07) is 159. The summed E-state index contributed by atoms with van der Waals surface area (Å²) < 4.78 is 14.0. The molecule has 22 aromatic rings. The molecule has 0 aromatic heterocycles. The molecule has 0 bridgehead atoms. The Bertz CT molecular complexity index is 8840. The molecule has 1 spiro atoms. The molecule has 0 aliphatic heterocycles. The quantitative estimate of drug-likeness (QED) is 0.126. The third-order valence-electron chi connectivity index (χ3n) is 33.1. The Morgan fingerprint density at radius 1 is 0.171 bits per heavy atom. The first-order valence-electron chi connectivity index (χ1n) is 50.6. The highest BCUT2D eigenvalue weighted by Gasteiger charge is 2.45. The maximum absolute atomic E-state index is 14.0. The Kier molecular flexibility index (Phi) is 20.2. The zero-order chi connectivity index (χ0) is 93.9. The van der Waals surface area contributed by atoms with Crippen LogP contribution in [-0.2, 0) is 34.5 Å². The van der Waals surface area contributed by atoms with E-state index in [0.717, 1.165) is 22.9 Å². The average Bonchev–Trinajstić information content (AvgIpc) is 1.34. The van der Waals surface area contributed by atoms with Gasteiger partial charge in [-0.2, -0.15) is 0 Å². The monoisotopic (exact) mass is 1790 g/mol. The zero-order valence-electron chi connectivity index (χ0n) is 80.2. The molecule has 0 atom stereocenters. The molecule has 0 saturated heterocycles. The van der Waals surface area contributed by atoms with E-state index in [9.17, 15) is 4.39 Å². The van der Waals surface area contributed by atoms with E-state index in [-0.39, 0.29) is 27.5 Å². The third-order valence-corrected chi connectivity index (χ3v) is 33.1. The topological polar surface area (TPSA) is 0 Å². The van der Waals surface area contributed by atoms with E-state index in [2.05, 4.69) is 448 Å². The highest BCUT2D eigenvalue weighted by Crippen LogP contribution is 2.61. The molecule has 670 valence electrons. The first-order valence-corrected chi connectivity index (χ1v) is 50.6. The van der Waals surface area contributed by atoms with Crippen molar-refractivity contribution in [1.29, 1.82) is 0 Å². The van der Waals surface area contributed by atoms with Gasteiger partial charge in [0.1, 0.15) is 5.82 Å². The van der Waals surface area contributed by atoms with Crippen LogP contribution in [0.25, 0.3) is 209 Å². The van der Waals surface area contributed by atoms with Gasteiger partial charge in [0.15, 0.2) is 0 Å². The van der Waals surface area contributed by atoms with Crippen LogP contribution in [0.3, 0.4) is 0 Å². The summed E-state index contributed by atoms with van der Waals surface area (Å²) in [5.74, 6) is -0.225. The molecule has 1 heteroatoms. The Balaban J connectivity index is 0.000000109. The molecular formula is C139H107F. The minimum absolute atomic E-state index is 0.0498. The van der Waals surface area contributed by atoms with Crippen molar-refractivity contribution in [1.82, 2.24) is 0 Å². The molecule has 28 rings (SSSR count).